The van der Waals surface area contributed by atoms with Crippen LogP contribution in [0.25, 0.3) is 0 Å². The molecule has 0 aliphatic carbocycles. The van der Waals surface area contributed by atoms with Crippen LogP contribution in [0.15, 0.2) is 41.3 Å². The molecular weight excluding hydrogens is 268 g/mol. The Balaban J connectivity index is 2.04. The molecule has 0 fully saturated rings. The molecule has 0 radical (unpaired) electrons. The Labute approximate surface area is 113 Å². The molecule has 5 heteroatoms. The van der Waals surface area contributed by atoms with E-state index in [0.717, 1.165) is 15.5 Å². The van der Waals surface area contributed by atoms with Crippen molar-refractivity contribution in [2.24, 2.45) is 0 Å². The first-order valence-corrected chi connectivity index (χ1v) is 7.32. The van der Waals surface area contributed by atoms with Crippen LogP contribution >= 0.6 is 23.1 Å². The molecule has 0 atom stereocenters. The van der Waals surface area contributed by atoms with E-state index in [9.17, 15) is 4.79 Å². The van der Waals surface area contributed by atoms with E-state index >= 15 is 0 Å². The summed E-state index contributed by atoms with van der Waals surface area (Å²) in [5, 5.41) is 8.83. The Hall–Kier alpha value is -1.46. The lowest BCUT2D eigenvalue weighted by molar-refractivity contribution is 0.0702. The summed E-state index contributed by atoms with van der Waals surface area (Å²) >= 11 is 2.87. The van der Waals surface area contributed by atoms with E-state index < -0.39 is 5.97 Å². The zero-order valence-corrected chi connectivity index (χ0v) is 11.4. The van der Waals surface area contributed by atoms with Crippen molar-refractivity contribution in [2.75, 3.05) is 6.26 Å². The zero-order valence-electron chi connectivity index (χ0n) is 9.75. The van der Waals surface area contributed by atoms with Gasteiger partial charge in [0.05, 0.1) is 0 Å². The van der Waals surface area contributed by atoms with Crippen LogP contribution in [-0.4, -0.2) is 17.3 Å². The predicted molar refractivity (Wildman–Crippen MR) is 73.8 cm³/mol. The highest BCUT2D eigenvalue weighted by Gasteiger charge is 2.08. The number of aromatic carboxylic acids is 1. The maximum absolute atomic E-state index is 10.8. The standard InChI is InChI=1S/C13H12O3S2/c1-17-11-5-3-2-4-10(11)16-8-9-6-7-12(18-9)13(14)15/h2-7H,8H2,1H3,(H,14,15). The molecule has 0 aliphatic rings. The highest BCUT2D eigenvalue weighted by Crippen LogP contribution is 2.28. The summed E-state index contributed by atoms with van der Waals surface area (Å²) in [6, 6.07) is 11.2. The lowest BCUT2D eigenvalue weighted by Gasteiger charge is -2.08. The van der Waals surface area contributed by atoms with Crippen molar-refractivity contribution >= 4 is 29.1 Å². The Kier molecular flexibility index (Phi) is 4.28. The van der Waals surface area contributed by atoms with Gasteiger partial charge in [-0.05, 0) is 30.5 Å². The van der Waals surface area contributed by atoms with E-state index in [1.165, 1.54) is 11.3 Å². The van der Waals surface area contributed by atoms with Gasteiger partial charge in [0.15, 0.2) is 0 Å². The SMILES string of the molecule is CSc1ccccc1OCc1ccc(C(=O)O)s1. The van der Waals surface area contributed by atoms with Crippen molar-refractivity contribution in [1.29, 1.82) is 0 Å². The third-order valence-electron chi connectivity index (χ3n) is 2.31. The molecule has 94 valence electrons. The number of carboxylic acids is 1. The number of ether oxygens (including phenoxy) is 1. The van der Waals surface area contributed by atoms with E-state index in [2.05, 4.69) is 0 Å². The molecule has 1 heterocycles. The van der Waals surface area contributed by atoms with Gasteiger partial charge in [0, 0.05) is 9.77 Å². The molecule has 18 heavy (non-hydrogen) atoms. The molecule has 0 unspecified atom stereocenters. The van der Waals surface area contributed by atoms with Crippen molar-refractivity contribution in [1.82, 2.24) is 0 Å². The molecule has 0 saturated carbocycles. The molecule has 2 rings (SSSR count). The van der Waals surface area contributed by atoms with E-state index in [-0.39, 0.29) is 0 Å². The van der Waals surface area contributed by atoms with Crippen LogP contribution in [0.5, 0.6) is 5.75 Å². The smallest absolute Gasteiger partial charge is 0.345 e. The minimum atomic E-state index is -0.893. The summed E-state index contributed by atoms with van der Waals surface area (Å²) in [6.07, 6.45) is 2.00. The fraction of sp³-hybridized carbons (Fsp3) is 0.154. The Bertz CT molecular complexity index is 549. The monoisotopic (exact) mass is 280 g/mol. The molecule has 3 nitrogen and oxygen atoms in total. The van der Waals surface area contributed by atoms with Gasteiger partial charge in [-0.1, -0.05) is 12.1 Å². The first kappa shape index (κ1) is 13.0. The van der Waals surface area contributed by atoms with Crippen LogP contribution in [-0.2, 0) is 6.61 Å². The third-order valence-corrected chi connectivity index (χ3v) is 4.14. The Morgan fingerprint density at radius 3 is 2.78 bits per heavy atom. The second kappa shape index (κ2) is 5.93. The average Bonchev–Trinajstić information content (AvgIpc) is 2.85. The normalized spacial score (nSPS) is 10.3. The van der Waals surface area contributed by atoms with Crippen LogP contribution < -0.4 is 4.74 Å². The molecule has 0 saturated heterocycles. The van der Waals surface area contributed by atoms with Gasteiger partial charge in [-0.2, -0.15) is 0 Å². The fourth-order valence-corrected chi connectivity index (χ4v) is 2.76. The highest BCUT2D eigenvalue weighted by atomic mass is 32.2. The number of carbonyl (C=O) groups is 1. The van der Waals surface area contributed by atoms with Gasteiger partial charge in [0.1, 0.15) is 17.2 Å². The van der Waals surface area contributed by atoms with Crippen LogP contribution in [0, 0.1) is 0 Å². The number of rotatable bonds is 5. The minimum absolute atomic E-state index is 0.340. The van der Waals surface area contributed by atoms with Gasteiger partial charge in [-0.15, -0.1) is 23.1 Å². The summed E-state index contributed by atoms with van der Waals surface area (Å²) in [4.78, 5) is 13.1. The molecule has 0 spiro atoms. The maximum atomic E-state index is 10.8. The first-order valence-electron chi connectivity index (χ1n) is 5.28. The predicted octanol–water partition coefficient (Wildman–Crippen LogP) is 3.75. The van der Waals surface area contributed by atoms with Crippen LogP contribution in [0.3, 0.4) is 0 Å². The lowest BCUT2D eigenvalue weighted by atomic mass is 10.3. The van der Waals surface area contributed by atoms with Gasteiger partial charge in [-0.3, -0.25) is 0 Å². The summed E-state index contributed by atoms with van der Waals surface area (Å²) in [7, 11) is 0. The lowest BCUT2D eigenvalue weighted by Crippen LogP contribution is -1.94. The van der Waals surface area contributed by atoms with Crippen LogP contribution in [0.2, 0.25) is 0 Å². The van der Waals surface area contributed by atoms with Crippen LogP contribution in [0.1, 0.15) is 14.5 Å². The minimum Gasteiger partial charge on any atom is -0.487 e. The molecule has 0 aliphatic heterocycles. The van der Waals surface area contributed by atoms with Crippen molar-refractivity contribution in [2.45, 2.75) is 11.5 Å². The number of thiophene rings is 1. The second-order valence-electron chi connectivity index (χ2n) is 3.51. The summed E-state index contributed by atoms with van der Waals surface area (Å²) in [5.74, 6) is -0.0639. The number of carboxylic acid groups (broad SMARTS) is 1. The van der Waals surface area contributed by atoms with Crippen molar-refractivity contribution in [3.63, 3.8) is 0 Å². The maximum Gasteiger partial charge on any atom is 0.345 e. The number of hydrogen-bond acceptors (Lipinski definition) is 4. The molecule has 2 aromatic rings. The van der Waals surface area contributed by atoms with Crippen molar-refractivity contribution in [3.8, 4) is 5.75 Å². The van der Waals surface area contributed by atoms with E-state index in [4.69, 9.17) is 9.84 Å². The van der Waals surface area contributed by atoms with E-state index in [1.807, 2.05) is 30.5 Å². The molecular formula is C13H12O3S2. The van der Waals surface area contributed by atoms with Gasteiger partial charge < -0.3 is 9.84 Å². The first-order chi connectivity index (χ1) is 8.70. The molecule has 0 bridgehead atoms. The van der Waals surface area contributed by atoms with Gasteiger partial charge in [0.2, 0.25) is 0 Å². The Morgan fingerprint density at radius 2 is 2.11 bits per heavy atom. The van der Waals surface area contributed by atoms with Gasteiger partial charge in [-0.25, -0.2) is 4.79 Å². The highest BCUT2D eigenvalue weighted by molar-refractivity contribution is 7.98. The number of thioether (sulfide) groups is 1. The molecule has 0 amide bonds. The number of hydrogen-bond donors (Lipinski definition) is 1. The van der Waals surface area contributed by atoms with E-state index in [0.29, 0.717) is 11.5 Å². The molecule has 1 aromatic heterocycles. The van der Waals surface area contributed by atoms with Crippen molar-refractivity contribution in [3.05, 3.63) is 46.2 Å². The number of para-hydroxylation sites is 1. The number of benzene rings is 1. The second-order valence-corrected chi connectivity index (χ2v) is 5.53. The quantitative estimate of drug-likeness (QED) is 0.847. The third kappa shape index (κ3) is 3.05. The van der Waals surface area contributed by atoms with Gasteiger partial charge in [0.25, 0.3) is 0 Å². The Morgan fingerprint density at radius 1 is 1.33 bits per heavy atom. The fourth-order valence-electron chi connectivity index (χ4n) is 1.46. The summed E-state index contributed by atoms with van der Waals surface area (Å²) < 4.78 is 5.70. The van der Waals surface area contributed by atoms with Gasteiger partial charge >= 0.3 is 5.97 Å². The van der Waals surface area contributed by atoms with E-state index in [1.54, 1.807) is 23.9 Å². The largest absolute Gasteiger partial charge is 0.487 e. The summed E-state index contributed by atoms with van der Waals surface area (Å²) in [5.41, 5.74) is 0. The molecule has 1 aromatic carbocycles. The average molecular weight is 280 g/mol. The summed E-state index contributed by atoms with van der Waals surface area (Å²) in [6.45, 7) is 0.398. The molecule has 1 N–H and O–H groups in total. The zero-order chi connectivity index (χ0) is 13.0. The topological polar surface area (TPSA) is 46.5 Å². The van der Waals surface area contributed by atoms with Crippen molar-refractivity contribution < 1.29 is 14.6 Å². The van der Waals surface area contributed by atoms with Crippen LogP contribution in [0.4, 0.5) is 0 Å².